The number of hydrogen-bond acceptors (Lipinski definition) is 4. The molecule has 0 amide bonds. The molecule has 0 aliphatic heterocycles. The molecule has 5 rings (SSSR count). The Morgan fingerprint density at radius 2 is 1.79 bits per heavy atom. The molecule has 3 saturated carbocycles. The summed E-state index contributed by atoms with van der Waals surface area (Å²) in [6, 6.07) is 9.69. The molecule has 4 aliphatic carbocycles. The summed E-state index contributed by atoms with van der Waals surface area (Å²) in [5.41, 5.74) is 1.87. The molecular formula is C30H36O4. The predicted octanol–water partition coefficient (Wildman–Crippen LogP) is 5.96. The minimum Gasteiger partial charge on any atom is -0.458 e. The Morgan fingerprint density at radius 3 is 2.53 bits per heavy atom. The van der Waals surface area contributed by atoms with Crippen LogP contribution in [0.4, 0.5) is 0 Å². The van der Waals surface area contributed by atoms with Crippen molar-refractivity contribution in [3.63, 3.8) is 0 Å². The van der Waals surface area contributed by atoms with Crippen LogP contribution in [-0.4, -0.2) is 23.6 Å². The first-order valence-electron chi connectivity index (χ1n) is 12.9. The molecule has 0 spiro atoms. The topological polar surface area (TPSA) is 60.4 Å². The van der Waals surface area contributed by atoms with Crippen molar-refractivity contribution in [2.45, 2.75) is 71.8 Å². The van der Waals surface area contributed by atoms with Crippen LogP contribution in [0.15, 0.2) is 48.1 Å². The molecular weight excluding hydrogens is 424 g/mol. The fourth-order valence-corrected chi connectivity index (χ4v) is 8.33. The predicted molar refractivity (Wildman–Crippen MR) is 132 cm³/mol. The van der Waals surface area contributed by atoms with E-state index in [2.05, 4.69) is 13.8 Å². The van der Waals surface area contributed by atoms with Gasteiger partial charge in [0, 0.05) is 23.8 Å². The highest BCUT2D eigenvalue weighted by atomic mass is 16.5. The minimum absolute atomic E-state index is 0.0638. The number of ketones is 2. The molecule has 1 aromatic rings. The molecule has 3 fully saturated rings. The average molecular weight is 461 g/mol. The summed E-state index contributed by atoms with van der Waals surface area (Å²) in [5.74, 6) is 1.61. The highest BCUT2D eigenvalue weighted by Gasteiger charge is 2.62. The highest BCUT2D eigenvalue weighted by molar-refractivity contribution is 5.93. The molecule has 7 atom stereocenters. The Morgan fingerprint density at radius 1 is 1.03 bits per heavy atom. The quantitative estimate of drug-likeness (QED) is 0.411. The highest BCUT2D eigenvalue weighted by Crippen LogP contribution is 2.67. The zero-order chi connectivity index (χ0) is 24.1. The van der Waals surface area contributed by atoms with Crippen molar-refractivity contribution >= 4 is 23.6 Å². The zero-order valence-electron chi connectivity index (χ0n) is 20.6. The molecule has 0 N–H and O–H groups in total. The minimum atomic E-state index is -0.435. The summed E-state index contributed by atoms with van der Waals surface area (Å²) in [4.78, 5) is 37.9. The Balaban J connectivity index is 1.41. The van der Waals surface area contributed by atoms with Crippen LogP contribution in [-0.2, 0) is 19.1 Å². The van der Waals surface area contributed by atoms with Crippen molar-refractivity contribution in [1.82, 2.24) is 0 Å². The molecule has 4 nitrogen and oxygen atoms in total. The van der Waals surface area contributed by atoms with Gasteiger partial charge in [0.05, 0.1) is 0 Å². The van der Waals surface area contributed by atoms with E-state index >= 15 is 0 Å². The third kappa shape index (κ3) is 3.70. The lowest BCUT2D eigenvalue weighted by Gasteiger charge is -2.59. The number of hydrogen-bond donors (Lipinski definition) is 0. The molecule has 4 heteroatoms. The zero-order valence-corrected chi connectivity index (χ0v) is 20.6. The van der Waals surface area contributed by atoms with Crippen LogP contribution in [0.25, 0.3) is 6.08 Å². The smallest absolute Gasteiger partial charge is 0.331 e. The van der Waals surface area contributed by atoms with Gasteiger partial charge in [-0.2, -0.15) is 0 Å². The number of carbonyl (C=O) groups excluding carboxylic acids is 3. The second kappa shape index (κ2) is 8.62. The summed E-state index contributed by atoms with van der Waals surface area (Å²) in [7, 11) is 0. The summed E-state index contributed by atoms with van der Waals surface area (Å²) in [6.07, 6.45) is 11.0. The first-order valence-corrected chi connectivity index (χ1v) is 12.9. The SMILES string of the molecule is CC(=O)[C@H]1CC[C@H]2[C@@H]3CCC4=CC(=O)CC(OC(=O)C=Cc5ccccc5)[C@]4(C)[C@H]3CC[C@]12C. The summed E-state index contributed by atoms with van der Waals surface area (Å²) >= 11 is 0. The second-order valence-corrected chi connectivity index (χ2v) is 11.5. The van der Waals surface area contributed by atoms with Gasteiger partial charge in [-0.05, 0) is 86.3 Å². The summed E-state index contributed by atoms with van der Waals surface area (Å²) in [5, 5.41) is 0. The number of esters is 1. The molecule has 0 heterocycles. The van der Waals surface area contributed by atoms with Gasteiger partial charge in [-0.3, -0.25) is 9.59 Å². The third-order valence-corrected chi connectivity index (χ3v) is 10.00. The first-order chi connectivity index (χ1) is 16.2. The number of Topliss-reactive ketones (excluding diaryl/α,β-unsaturated/α-hetero) is 1. The van der Waals surface area contributed by atoms with Crippen molar-refractivity contribution < 1.29 is 19.1 Å². The first kappa shape index (κ1) is 23.3. The van der Waals surface area contributed by atoms with Crippen molar-refractivity contribution in [1.29, 1.82) is 0 Å². The van der Waals surface area contributed by atoms with E-state index < -0.39 is 6.10 Å². The van der Waals surface area contributed by atoms with Crippen molar-refractivity contribution in [3.05, 3.63) is 53.6 Å². The van der Waals surface area contributed by atoms with Crippen LogP contribution in [0, 0.1) is 34.5 Å². The van der Waals surface area contributed by atoms with Gasteiger partial charge in [-0.1, -0.05) is 49.8 Å². The molecule has 1 aromatic carbocycles. The van der Waals surface area contributed by atoms with Crippen LogP contribution in [0.2, 0.25) is 0 Å². The largest absolute Gasteiger partial charge is 0.458 e. The maximum Gasteiger partial charge on any atom is 0.331 e. The van der Waals surface area contributed by atoms with Gasteiger partial charge in [0.25, 0.3) is 0 Å². The number of benzene rings is 1. The normalized spacial score (nSPS) is 39.1. The van der Waals surface area contributed by atoms with E-state index in [1.54, 1.807) is 13.0 Å². The molecule has 0 radical (unpaired) electrons. The lowest BCUT2D eigenvalue weighted by molar-refractivity contribution is -0.161. The number of fused-ring (bicyclic) bond motifs is 5. The molecule has 0 aromatic heterocycles. The molecule has 4 aliphatic rings. The Kier molecular flexibility index (Phi) is 5.90. The van der Waals surface area contributed by atoms with Gasteiger partial charge in [-0.15, -0.1) is 0 Å². The summed E-state index contributed by atoms with van der Waals surface area (Å²) in [6.45, 7) is 6.34. The van der Waals surface area contributed by atoms with E-state index in [-0.39, 0.29) is 34.9 Å². The molecule has 1 unspecified atom stereocenters. The maximum absolute atomic E-state index is 12.8. The summed E-state index contributed by atoms with van der Waals surface area (Å²) < 4.78 is 6.06. The van der Waals surface area contributed by atoms with Crippen LogP contribution >= 0.6 is 0 Å². The van der Waals surface area contributed by atoms with E-state index in [0.717, 1.165) is 44.1 Å². The number of carbonyl (C=O) groups is 3. The van der Waals surface area contributed by atoms with E-state index in [9.17, 15) is 14.4 Å². The van der Waals surface area contributed by atoms with E-state index in [1.807, 2.05) is 36.4 Å². The number of ether oxygens (including phenoxy) is 1. The maximum atomic E-state index is 12.8. The molecule has 34 heavy (non-hydrogen) atoms. The molecule has 0 bridgehead atoms. The van der Waals surface area contributed by atoms with E-state index in [0.29, 0.717) is 23.5 Å². The molecule has 180 valence electrons. The monoisotopic (exact) mass is 460 g/mol. The van der Waals surface area contributed by atoms with Crippen molar-refractivity contribution in [2.75, 3.05) is 0 Å². The fraction of sp³-hybridized carbons (Fsp3) is 0.567. The van der Waals surface area contributed by atoms with Crippen LogP contribution in [0.5, 0.6) is 0 Å². The Bertz CT molecular complexity index is 1050. The Labute approximate surface area is 202 Å². The van der Waals surface area contributed by atoms with Crippen LogP contribution < -0.4 is 0 Å². The Hall–Kier alpha value is -2.49. The number of rotatable bonds is 4. The van der Waals surface area contributed by atoms with Gasteiger partial charge in [0.15, 0.2) is 5.78 Å². The lowest BCUT2D eigenvalue weighted by atomic mass is 9.46. The van der Waals surface area contributed by atoms with E-state index in [1.165, 1.54) is 11.6 Å². The second-order valence-electron chi connectivity index (χ2n) is 11.5. The van der Waals surface area contributed by atoms with Gasteiger partial charge in [0.2, 0.25) is 0 Å². The van der Waals surface area contributed by atoms with Gasteiger partial charge in [-0.25, -0.2) is 4.79 Å². The van der Waals surface area contributed by atoms with E-state index in [4.69, 9.17) is 4.74 Å². The van der Waals surface area contributed by atoms with Gasteiger partial charge < -0.3 is 4.74 Å². The van der Waals surface area contributed by atoms with Gasteiger partial charge >= 0.3 is 5.97 Å². The van der Waals surface area contributed by atoms with Crippen LogP contribution in [0.3, 0.4) is 0 Å². The lowest BCUT2D eigenvalue weighted by Crippen LogP contribution is -2.56. The van der Waals surface area contributed by atoms with Crippen LogP contribution in [0.1, 0.15) is 71.3 Å². The standard InChI is InChI=1S/C30H36O4/c1-19(31)24-12-13-25-23-11-10-21-17-22(32)18-27(30(21,3)26(23)15-16-29(24,25)2)34-28(33)14-9-20-7-5-4-6-8-20/h4-9,14,17,23-27H,10-13,15-16,18H2,1-3H3/t23-,24+,25-,26-,27?,29+,30-/m0/s1. The van der Waals surface area contributed by atoms with Gasteiger partial charge in [0.1, 0.15) is 11.9 Å². The van der Waals surface area contributed by atoms with Crippen molar-refractivity contribution in [2.24, 2.45) is 34.5 Å². The van der Waals surface area contributed by atoms with Crippen molar-refractivity contribution in [3.8, 4) is 0 Å². The fourth-order valence-electron chi connectivity index (χ4n) is 8.33. The molecule has 0 saturated heterocycles. The average Bonchev–Trinajstić information content (AvgIpc) is 3.17. The third-order valence-electron chi connectivity index (χ3n) is 10.00.